The molecule has 0 saturated carbocycles. The smallest absolute Gasteiger partial charge is 0.0149 e. The molecule has 0 N–H and O–H groups in total. The van der Waals surface area contributed by atoms with E-state index in [1.165, 1.54) is 0 Å². The zero-order valence-corrected chi connectivity index (χ0v) is 7.16. The van der Waals surface area contributed by atoms with Crippen LogP contribution in [0.4, 0.5) is 0 Å². The van der Waals surface area contributed by atoms with E-state index >= 15 is 0 Å². The molecule has 0 heterocycles. The normalized spacial score (nSPS) is 0. The van der Waals surface area contributed by atoms with E-state index in [0.717, 1.165) is 0 Å². The average molecular weight is 251 g/mol. The van der Waals surface area contributed by atoms with Crippen molar-refractivity contribution in [1.29, 1.82) is 0 Å². The largest absolute Gasteiger partial charge is 0.187 e. The van der Waals surface area contributed by atoms with Gasteiger partial charge in [-0.3, -0.25) is 0 Å². The zero-order chi connectivity index (χ0) is 0. The molecular weight excluding hydrogens is 244 g/mol. The summed E-state index contributed by atoms with van der Waals surface area (Å²) in [7, 11) is 0. The van der Waals surface area contributed by atoms with Gasteiger partial charge >= 0.3 is 0 Å². The average Bonchev–Trinajstić information content (AvgIpc) is 0. The van der Waals surface area contributed by atoms with Crippen LogP contribution < -0.4 is 0 Å². The van der Waals surface area contributed by atoms with Gasteiger partial charge in [-0.15, -0.1) is 0 Å². The maximum atomic E-state index is 0. The van der Waals surface area contributed by atoms with Gasteiger partial charge in [0.15, 0.2) is 17.4 Å². The molecule has 0 aliphatic rings. The van der Waals surface area contributed by atoms with Gasteiger partial charge < -0.3 is 0 Å². The Balaban J connectivity index is 0. The third kappa shape index (κ3) is 19.2. The van der Waals surface area contributed by atoms with E-state index in [1.807, 2.05) is 0 Å². The van der Waals surface area contributed by atoms with Gasteiger partial charge in [0.2, 0.25) is 0 Å². The van der Waals surface area contributed by atoms with Crippen LogP contribution in [-0.4, -0.2) is 28.3 Å². The van der Waals surface area contributed by atoms with Gasteiger partial charge in [-0.1, -0.05) is 0 Å². The van der Waals surface area contributed by atoms with E-state index in [9.17, 15) is 0 Å². The second-order valence-electron chi connectivity index (χ2n) is 0. The first-order chi connectivity index (χ1) is 0. The molecule has 0 aromatic carbocycles. The van der Waals surface area contributed by atoms with Crippen LogP contribution in [0.3, 0.4) is 0 Å². The summed E-state index contributed by atoms with van der Waals surface area (Å²) in [4.78, 5) is 0. The molecule has 1 radical (unpaired) electrons. The molecule has 0 aromatic rings. The summed E-state index contributed by atoms with van der Waals surface area (Å²) >= 11 is 0. The predicted octanol–water partition coefficient (Wildman–Crippen LogP) is -2.64. The van der Waals surface area contributed by atoms with Gasteiger partial charge in [0.1, 0.15) is 0 Å². The number of rotatable bonds is 0. The Hall–Kier alpha value is 3.10. The van der Waals surface area contributed by atoms with E-state index in [-0.39, 0.29) is 100 Å². The van der Waals surface area contributed by atoms with Gasteiger partial charge in [0, 0.05) is 71.8 Å². The van der Waals surface area contributed by atoms with Gasteiger partial charge in [0.25, 0.3) is 0 Å². The molecule has 5 heavy (non-hydrogen) atoms. The molecule has 0 aliphatic heterocycles. The van der Waals surface area contributed by atoms with E-state index in [2.05, 4.69) is 0 Å². The summed E-state index contributed by atoms with van der Waals surface area (Å²) in [6.07, 6.45) is 0. The quantitative estimate of drug-likeness (QED) is 0.413. The van der Waals surface area contributed by atoms with Gasteiger partial charge in [-0.25, -0.2) is 0 Å². The third-order valence-corrected chi connectivity index (χ3v) is 0. The Bertz CT molecular complexity index is 11.6. The standard InChI is InChI=1S/Al.Cr.H4Si.Ti.Y.3H/h;;1H4;;;;;. The van der Waals surface area contributed by atoms with Crippen molar-refractivity contribution in [3.8, 4) is 0 Å². The molecule has 0 spiro atoms. The zero-order valence-electron chi connectivity index (χ0n) is 1.49. The van der Waals surface area contributed by atoms with Gasteiger partial charge in [0.05, 0.1) is 0 Å². The molecule has 0 fully saturated rings. The molecule has 0 unspecified atom stereocenters. The van der Waals surface area contributed by atoms with Crippen molar-refractivity contribution in [3.63, 3.8) is 0 Å². The van der Waals surface area contributed by atoms with Crippen LogP contribution in [0, 0.1) is 0 Å². The van der Waals surface area contributed by atoms with Crippen molar-refractivity contribution in [2.24, 2.45) is 0 Å². The van der Waals surface area contributed by atoms with Crippen molar-refractivity contribution in [2.45, 2.75) is 0 Å². The maximum Gasteiger partial charge on any atom is 0.187 e. The Morgan fingerprint density at radius 2 is 1.00 bits per heavy atom. The minimum atomic E-state index is 0. The molecule has 0 nitrogen and oxygen atoms in total. The van der Waals surface area contributed by atoms with Gasteiger partial charge in [-0.2, -0.15) is 0 Å². The number of hydrogen-bond donors (Lipinski definition) is 0. The fraction of sp³-hybridized carbons (Fsp3) is 0. The topological polar surface area (TPSA) is 0 Å². The van der Waals surface area contributed by atoms with Crippen molar-refractivity contribution in [2.75, 3.05) is 0 Å². The summed E-state index contributed by atoms with van der Waals surface area (Å²) in [5.74, 6) is 0. The summed E-state index contributed by atoms with van der Waals surface area (Å²) < 4.78 is 0. The second-order valence-corrected chi connectivity index (χ2v) is 0. The van der Waals surface area contributed by atoms with Gasteiger partial charge in [-0.05, 0) is 11.0 Å². The van der Waals surface area contributed by atoms with Crippen LogP contribution in [0.1, 0.15) is 0 Å². The molecule has 0 atom stereocenters. The molecule has 0 saturated heterocycles. The minimum absolute atomic E-state index is 0. The maximum absolute atomic E-state index is 0. The summed E-state index contributed by atoms with van der Waals surface area (Å²) in [6.45, 7) is 0. The molecule has 0 aromatic heterocycles. The number of hydrogen-bond acceptors (Lipinski definition) is 0. The van der Waals surface area contributed by atoms with Crippen LogP contribution >= 0.6 is 0 Å². The van der Waals surface area contributed by atoms with Crippen LogP contribution in [0.5, 0.6) is 0 Å². The van der Waals surface area contributed by atoms with E-state index in [4.69, 9.17) is 0 Å². The Morgan fingerprint density at radius 3 is 1.00 bits per heavy atom. The molecule has 5 heteroatoms. The Labute approximate surface area is 98.3 Å². The Morgan fingerprint density at radius 1 is 1.00 bits per heavy atom. The van der Waals surface area contributed by atoms with E-state index in [0.29, 0.717) is 0 Å². The SMILES string of the molecule is [AlH3].[Cr].[SiH4].[Ti].[Y]. The van der Waals surface area contributed by atoms with Crippen LogP contribution in [0.25, 0.3) is 0 Å². The summed E-state index contributed by atoms with van der Waals surface area (Å²) in [5.41, 5.74) is 0. The van der Waals surface area contributed by atoms with Crippen molar-refractivity contribution in [1.82, 2.24) is 0 Å². The van der Waals surface area contributed by atoms with Crippen molar-refractivity contribution < 1.29 is 71.8 Å². The van der Waals surface area contributed by atoms with Crippen LogP contribution in [0.2, 0.25) is 0 Å². The molecule has 0 amide bonds. The molecular formula is H7AlCrSiTiY. The predicted molar refractivity (Wildman–Crippen MR) is 21.3 cm³/mol. The summed E-state index contributed by atoms with van der Waals surface area (Å²) in [5, 5.41) is 0. The van der Waals surface area contributed by atoms with Crippen molar-refractivity contribution >= 4 is 28.3 Å². The van der Waals surface area contributed by atoms with E-state index < -0.39 is 0 Å². The molecule has 0 bridgehead atoms. The minimum Gasteiger partial charge on any atom is -0.0149 e. The Kier molecular flexibility index (Phi) is 234. The fourth-order valence-corrected chi connectivity index (χ4v) is 0. The first-order valence-electron chi connectivity index (χ1n) is 0. The van der Waals surface area contributed by atoms with Crippen LogP contribution in [0.15, 0.2) is 0 Å². The first kappa shape index (κ1) is 42.5. The fourth-order valence-electron chi connectivity index (χ4n) is 0. The van der Waals surface area contributed by atoms with E-state index in [1.54, 1.807) is 0 Å². The second kappa shape index (κ2) is 27.5. The molecule has 27 valence electrons. The van der Waals surface area contributed by atoms with Crippen LogP contribution in [-0.2, 0) is 71.8 Å². The summed E-state index contributed by atoms with van der Waals surface area (Å²) in [6, 6.07) is 0. The molecule has 0 rings (SSSR count). The monoisotopic (exact) mass is 251 g/mol. The molecule has 0 aliphatic carbocycles. The third-order valence-electron chi connectivity index (χ3n) is 0. The first-order valence-corrected chi connectivity index (χ1v) is 0. The van der Waals surface area contributed by atoms with Crippen molar-refractivity contribution in [3.05, 3.63) is 0 Å².